The summed E-state index contributed by atoms with van der Waals surface area (Å²) in [5.74, 6) is 2.99. The summed E-state index contributed by atoms with van der Waals surface area (Å²) in [5.41, 5.74) is 0. The van der Waals surface area contributed by atoms with E-state index in [-0.39, 0.29) is 18.7 Å². The minimum absolute atomic E-state index is 0.00178. The number of ether oxygens (including phenoxy) is 3. The van der Waals surface area contributed by atoms with Gasteiger partial charge in [0.15, 0.2) is 0 Å². The highest BCUT2D eigenvalue weighted by atomic mass is 16.7. The molecule has 0 amide bonds. The van der Waals surface area contributed by atoms with Crippen molar-refractivity contribution in [2.24, 2.45) is 23.7 Å². The van der Waals surface area contributed by atoms with E-state index >= 15 is 0 Å². The zero-order chi connectivity index (χ0) is 22.1. The van der Waals surface area contributed by atoms with Crippen molar-refractivity contribution in [1.82, 2.24) is 0 Å². The van der Waals surface area contributed by atoms with E-state index in [0.29, 0.717) is 11.5 Å². The Morgan fingerprint density at radius 2 is 1.52 bits per heavy atom. The van der Waals surface area contributed by atoms with Gasteiger partial charge in [-0.2, -0.15) is 0 Å². The third-order valence-corrected chi connectivity index (χ3v) is 7.00. The summed E-state index contributed by atoms with van der Waals surface area (Å²) in [6.45, 7) is 5.42. The van der Waals surface area contributed by atoms with Crippen LogP contribution in [0.25, 0.3) is 0 Å². The number of hydrogen-bond acceptors (Lipinski definition) is 5. The molecule has 0 spiro atoms. The minimum atomic E-state index is -0.538. The molecule has 2 fully saturated rings. The van der Waals surface area contributed by atoms with Crippen LogP contribution in [0, 0.1) is 23.7 Å². The maximum atomic E-state index is 12.6. The van der Waals surface area contributed by atoms with Crippen molar-refractivity contribution in [2.45, 2.75) is 71.1 Å². The number of hydrogen-bond donors (Lipinski definition) is 0. The van der Waals surface area contributed by atoms with E-state index in [9.17, 15) is 9.59 Å². The molecule has 3 rings (SSSR count). The number of carbonyl (C=O) groups excluding carboxylic acids is 2. The van der Waals surface area contributed by atoms with Crippen LogP contribution >= 0.6 is 0 Å². The summed E-state index contributed by atoms with van der Waals surface area (Å²) >= 11 is 0. The van der Waals surface area contributed by atoms with Crippen molar-refractivity contribution >= 4 is 11.9 Å². The first-order chi connectivity index (χ1) is 15.1. The van der Waals surface area contributed by atoms with Crippen LogP contribution in [0.5, 0.6) is 11.5 Å². The van der Waals surface area contributed by atoms with E-state index in [4.69, 9.17) is 14.2 Å². The highest BCUT2D eigenvalue weighted by molar-refractivity contribution is 5.81. The van der Waals surface area contributed by atoms with Crippen LogP contribution in [-0.2, 0) is 14.3 Å². The highest BCUT2D eigenvalue weighted by Crippen LogP contribution is 2.42. The maximum absolute atomic E-state index is 12.6. The predicted octanol–water partition coefficient (Wildman–Crippen LogP) is 6.07. The molecule has 0 bridgehead atoms. The number of carbonyl (C=O) groups is 2. The Morgan fingerprint density at radius 3 is 2.10 bits per heavy atom. The van der Waals surface area contributed by atoms with Crippen LogP contribution in [0.15, 0.2) is 36.9 Å². The van der Waals surface area contributed by atoms with Crippen molar-refractivity contribution in [2.75, 3.05) is 6.79 Å². The van der Waals surface area contributed by atoms with Crippen molar-refractivity contribution in [3.63, 3.8) is 0 Å². The standard InChI is InChI=1S/C26H36O5/c1-3-5-19-6-8-20(9-7-19)21-10-12-22(13-11-21)26(28)31-24-16-14-23(15-17-24)29-18-30-25(27)4-2/h4,14-17,19-22H,2-3,5-13,18H2,1H3. The zero-order valence-corrected chi connectivity index (χ0v) is 18.7. The lowest BCUT2D eigenvalue weighted by Gasteiger charge is -2.37. The second-order valence-electron chi connectivity index (χ2n) is 9.00. The van der Waals surface area contributed by atoms with E-state index in [0.717, 1.165) is 49.5 Å². The molecule has 31 heavy (non-hydrogen) atoms. The van der Waals surface area contributed by atoms with Gasteiger partial charge in [-0.25, -0.2) is 4.79 Å². The molecule has 2 saturated carbocycles. The molecule has 0 aliphatic heterocycles. The van der Waals surface area contributed by atoms with Gasteiger partial charge < -0.3 is 14.2 Å². The first-order valence-electron chi connectivity index (χ1n) is 11.8. The van der Waals surface area contributed by atoms with E-state index in [1.807, 2.05) is 0 Å². The lowest BCUT2D eigenvalue weighted by Crippen LogP contribution is -2.30. The highest BCUT2D eigenvalue weighted by Gasteiger charge is 2.33. The van der Waals surface area contributed by atoms with Crippen LogP contribution in [0.1, 0.15) is 71.1 Å². The molecule has 2 aliphatic rings. The molecule has 0 aromatic heterocycles. The SMILES string of the molecule is C=CC(=O)OCOc1ccc(OC(=O)C2CCC(C3CCC(CCC)CC3)CC2)cc1. The normalized spacial score (nSPS) is 26.0. The first kappa shape index (κ1) is 23.4. The molecule has 5 nitrogen and oxygen atoms in total. The molecule has 0 saturated heterocycles. The second-order valence-corrected chi connectivity index (χ2v) is 9.00. The van der Waals surface area contributed by atoms with Crippen molar-refractivity contribution in [3.8, 4) is 11.5 Å². The van der Waals surface area contributed by atoms with E-state index in [2.05, 4.69) is 13.5 Å². The molecule has 0 atom stereocenters. The fraction of sp³-hybridized carbons (Fsp3) is 0.615. The average Bonchev–Trinajstić information content (AvgIpc) is 2.81. The van der Waals surface area contributed by atoms with Crippen LogP contribution < -0.4 is 9.47 Å². The quantitative estimate of drug-likeness (QED) is 0.207. The molecule has 0 N–H and O–H groups in total. The van der Waals surface area contributed by atoms with Crippen LogP contribution in [0.3, 0.4) is 0 Å². The third kappa shape index (κ3) is 7.12. The Morgan fingerprint density at radius 1 is 0.935 bits per heavy atom. The van der Waals surface area contributed by atoms with Gasteiger partial charge in [-0.05, 0) is 80.5 Å². The zero-order valence-electron chi connectivity index (χ0n) is 18.7. The summed E-state index contributed by atoms with van der Waals surface area (Å²) < 4.78 is 15.7. The summed E-state index contributed by atoms with van der Waals surface area (Å²) in [6.07, 6.45) is 13.5. The first-order valence-corrected chi connectivity index (χ1v) is 11.8. The summed E-state index contributed by atoms with van der Waals surface area (Å²) in [5, 5.41) is 0. The van der Waals surface area contributed by atoms with Gasteiger partial charge in [0.05, 0.1) is 5.92 Å². The molecule has 2 aliphatic carbocycles. The minimum Gasteiger partial charge on any atom is -0.457 e. The molecular formula is C26H36O5. The third-order valence-electron chi connectivity index (χ3n) is 7.00. The monoisotopic (exact) mass is 428 g/mol. The summed E-state index contributed by atoms with van der Waals surface area (Å²) in [4.78, 5) is 23.6. The smallest absolute Gasteiger partial charge is 0.333 e. The molecule has 0 unspecified atom stereocenters. The Kier molecular flexibility index (Phi) is 8.98. The summed E-state index contributed by atoms with van der Waals surface area (Å²) in [6, 6.07) is 6.78. The summed E-state index contributed by atoms with van der Waals surface area (Å²) in [7, 11) is 0. The average molecular weight is 429 g/mol. The Hall–Kier alpha value is -2.30. The fourth-order valence-electron chi connectivity index (χ4n) is 5.20. The van der Waals surface area contributed by atoms with Crippen molar-refractivity contribution < 1.29 is 23.8 Å². The second kappa shape index (κ2) is 11.9. The Labute approximate surface area is 186 Å². The van der Waals surface area contributed by atoms with Crippen LogP contribution in [0.4, 0.5) is 0 Å². The fourth-order valence-corrected chi connectivity index (χ4v) is 5.20. The van der Waals surface area contributed by atoms with E-state index in [1.165, 1.54) is 38.5 Å². The molecule has 0 radical (unpaired) electrons. The van der Waals surface area contributed by atoms with Gasteiger partial charge in [0, 0.05) is 6.08 Å². The lowest BCUT2D eigenvalue weighted by molar-refractivity contribution is -0.144. The van der Waals surface area contributed by atoms with Gasteiger partial charge in [-0.15, -0.1) is 0 Å². The Bertz CT molecular complexity index is 710. The molecule has 1 aromatic carbocycles. The number of rotatable bonds is 9. The predicted molar refractivity (Wildman–Crippen MR) is 120 cm³/mol. The van der Waals surface area contributed by atoms with Crippen LogP contribution in [0.2, 0.25) is 0 Å². The maximum Gasteiger partial charge on any atom is 0.333 e. The van der Waals surface area contributed by atoms with Crippen molar-refractivity contribution in [1.29, 1.82) is 0 Å². The number of benzene rings is 1. The van der Waals surface area contributed by atoms with Gasteiger partial charge in [-0.3, -0.25) is 4.79 Å². The topological polar surface area (TPSA) is 61.8 Å². The van der Waals surface area contributed by atoms with Gasteiger partial charge in [-0.1, -0.05) is 39.2 Å². The van der Waals surface area contributed by atoms with Crippen LogP contribution in [-0.4, -0.2) is 18.7 Å². The number of esters is 2. The molecule has 170 valence electrons. The Balaban J connectivity index is 1.38. The van der Waals surface area contributed by atoms with Crippen molar-refractivity contribution in [3.05, 3.63) is 36.9 Å². The lowest BCUT2D eigenvalue weighted by atomic mass is 9.69. The largest absolute Gasteiger partial charge is 0.457 e. The molecule has 5 heteroatoms. The molecular weight excluding hydrogens is 392 g/mol. The van der Waals surface area contributed by atoms with E-state index < -0.39 is 5.97 Å². The molecule has 1 aromatic rings. The van der Waals surface area contributed by atoms with Gasteiger partial charge in [0.1, 0.15) is 11.5 Å². The van der Waals surface area contributed by atoms with E-state index in [1.54, 1.807) is 24.3 Å². The van der Waals surface area contributed by atoms with Gasteiger partial charge in [0.2, 0.25) is 6.79 Å². The van der Waals surface area contributed by atoms with Gasteiger partial charge >= 0.3 is 11.9 Å². The molecule has 0 heterocycles. The van der Waals surface area contributed by atoms with Gasteiger partial charge in [0.25, 0.3) is 0 Å².